The molecule has 1 aliphatic rings. The molecule has 0 amide bonds. The van der Waals surface area contributed by atoms with Crippen LogP contribution in [0.5, 0.6) is 5.75 Å². The Bertz CT molecular complexity index is 418. The molecule has 112 valence electrons. The fourth-order valence-electron chi connectivity index (χ4n) is 3.14. The van der Waals surface area contributed by atoms with Crippen molar-refractivity contribution in [3.8, 4) is 5.75 Å². The number of benzene rings is 1. The van der Waals surface area contributed by atoms with Gasteiger partial charge in [0.1, 0.15) is 5.75 Å². The number of ether oxygens (including phenoxy) is 1. The van der Waals surface area contributed by atoms with Gasteiger partial charge in [-0.05, 0) is 43.0 Å². The van der Waals surface area contributed by atoms with Crippen LogP contribution in [0.25, 0.3) is 0 Å². The second kappa shape index (κ2) is 6.59. The maximum absolute atomic E-state index is 9.54. The minimum absolute atomic E-state index is 0.0812. The number of hydrogen-bond acceptors (Lipinski definition) is 3. The summed E-state index contributed by atoms with van der Waals surface area (Å²) < 4.78 is 5.20. The van der Waals surface area contributed by atoms with E-state index in [1.165, 1.54) is 12.0 Å². The van der Waals surface area contributed by atoms with Crippen molar-refractivity contribution in [3.63, 3.8) is 0 Å². The third kappa shape index (κ3) is 3.74. The summed E-state index contributed by atoms with van der Waals surface area (Å²) in [5.74, 6) is 1.41. The number of methoxy groups -OCH3 is 1. The average molecular weight is 277 g/mol. The molecule has 0 saturated carbocycles. The molecule has 1 saturated heterocycles. The van der Waals surface area contributed by atoms with Crippen molar-refractivity contribution in [2.45, 2.75) is 32.6 Å². The molecule has 20 heavy (non-hydrogen) atoms. The zero-order chi connectivity index (χ0) is 14.6. The molecule has 0 bridgehead atoms. The van der Waals surface area contributed by atoms with Gasteiger partial charge in [0.05, 0.1) is 7.11 Å². The van der Waals surface area contributed by atoms with Gasteiger partial charge in [-0.1, -0.05) is 26.0 Å². The summed E-state index contributed by atoms with van der Waals surface area (Å²) in [6, 6.07) is 8.36. The molecular weight excluding hydrogens is 250 g/mol. The maximum Gasteiger partial charge on any atom is 0.118 e. The minimum Gasteiger partial charge on any atom is -0.497 e. The lowest BCUT2D eigenvalue weighted by Gasteiger charge is -2.40. The number of nitrogens with zero attached hydrogens (tertiary/aromatic N) is 1. The van der Waals surface area contributed by atoms with Crippen LogP contribution in [0, 0.1) is 5.41 Å². The summed E-state index contributed by atoms with van der Waals surface area (Å²) in [4.78, 5) is 2.49. The first-order valence-corrected chi connectivity index (χ1v) is 7.53. The van der Waals surface area contributed by atoms with Crippen molar-refractivity contribution < 1.29 is 9.84 Å². The molecule has 0 spiro atoms. The number of aliphatic hydroxyl groups is 1. The highest BCUT2D eigenvalue weighted by Crippen LogP contribution is 2.30. The zero-order valence-electron chi connectivity index (χ0n) is 12.9. The Morgan fingerprint density at radius 3 is 2.65 bits per heavy atom. The van der Waals surface area contributed by atoms with Crippen molar-refractivity contribution in [1.82, 2.24) is 4.90 Å². The summed E-state index contributed by atoms with van der Waals surface area (Å²) in [6.45, 7) is 7.96. The molecule has 0 unspecified atom stereocenters. The summed E-state index contributed by atoms with van der Waals surface area (Å²) >= 11 is 0. The first-order chi connectivity index (χ1) is 9.56. The van der Waals surface area contributed by atoms with Crippen molar-refractivity contribution in [1.29, 1.82) is 0 Å². The standard InChI is InChI=1S/C17H27NO2/c1-14(15-5-7-16(20-3)8-6-15)11-18-10-4-9-17(2,12-18)13-19/h5-8,14,19H,4,9-13H2,1-3H3/t14-,17-/m0/s1. The molecular formula is C17H27NO2. The second-order valence-electron chi connectivity index (χ2n) is 6.48. The quantitative estimate of drug-likeness (QED) is 0.898. The van der Waals surface area contributed by atoms with Gasteiger partial charge < -0.3 is 14.7 Å². The minimum atomic E-state index is 0.0812. The highest BCUT2D eigenvalue weighted by molar-refractivity contribution is 5.29. The SMILES string of the molecule is COc1ccc([C@@H](C)CN2CCC[C@](C)(CO)C2)cc1. The first-order valence-electron chi connectivity index (χ1n) is 7.53. The van der Waals surface area contributed by atoms with Crippen LogP contribution in [0.2, 0.25) is 0 Å². The Morgan fingerprint density at radius 1 is 1.35 bits per heavy atom. The lowest BCUT2D eigenvalue weighted by atomic mass is 9.82. The van der Waals surface area contributed by atoms with Crippen molar-refractivity contribution in [3.05, 3.63) is 29.8 Å². The summed E-state index contributed by atoms with van der Waals surface area (Å²) in [5.41, 5.74) is 1.43. The second-order valence-corrected chi connectivity index (χ2v) is 6.48. The van der Waals surface area contributed by atoms with Crippen LogP contribution in [0.15, 0.2) is 24.3 Å². The molecule has 2 atom stereocenters. The normalized spacial score (nSPS) is 25.4. The largest absolute Gasteiger partial charge is 0.497 e. The van der Waals surface area contributed by atoms with Crippen LogP contribution in [0.1, 0.15) is 38.2 Å². The number of hydrogen-bond donors (Lipinski definition) is 1. The van der Waals surface area contributed by atoms with E-state index in [-0.39, 0.29) is 5.41 Å². The third-order valence-corrected chi connectivity index (χ3v) is 4.46. The van der Waals surface area contributed by atoms with Crippen molar-refractivity contribution >= 4 is 0 Å². The van der Waals surface area contributed by atoms with E-state index >= 15 is 0 Å². The van der Waals surface area contributed by atoms with Gasteiger partial charge in [0.2, 0.25) is 0 Å². The monoisotopic (exact) mass is 277 g/mol. The van der Waals surface area contributed by atoms with Crippen LogP contribution in [0.3, 0.4) is 0 Å². The molecule has 1 N–H and O–H groups in total. The van der Waals surface area contributed by atoms with Gasteiger partial charge in [0, 0.05) is 25.1 Å². The lowest BCUT2D eigenvalue weighted by Crippen LogP contribution is -2.44. The Hall–Kier alpha value is -1.06. The van der Waals surface area contributed by atoms with Crippen molar-refractivity contribution in [2.24, 2.45) is 5.41 Å². The van der Waals surface area contributed by atoms with Gasteiger partial charge in [0.15, 0.2) is 0 Å². The van der Waals surface area contributed by atoms with Gasteiger partial charge >= 0.3 is 0 Å². The highest BCUT2D eigenvalue weighted by atomic mass is 16.5. The average Bonchev–Trinajstić information content (AvgIpc) is 2.47. The lowest BCUT2D eigenvalue weighted by molar-refractivity contribution is 0.0444. The van der Waals surface area contributed by atoms with E-state index < -0.39 is 0 Å². The Balaban J connectivity index is 1.94. The van der Waals surface area contributed by atoms with E-state index in [0.717, 1.165) is 31.8 Å². The van der Waals surface area contributed by atoms with E-state index in [2.05, 4.69) is 30.9 Å². The van der Waals surface area contributed by atoms with Gasteiger partial charge in [-0.25, -0.2) is 0 Å². The Kier molecular flexibility index (Phi) is 5.06. The number of likely N-dealkylation sites (tertiary alicyclic amines) is 1. The van der Waals surface area contributed by atoms with Crippen LogP contribution >= 0.6 is 0 Å². The van der Waals surface area contributed by atoms with Gasteiger partial charge in [-0.15, -0.1) is 0 Å². The molecule has 2 rings (SSSR count). The summed E-state index contributed by atoms with van der Waals surface area (Å²) in [6.07, 6.45) is 2.32. The van der Waals surface area contributed by atoms with E-state index in [1.54, 1.807) is 7.11 Å². The van der Waals surface area contributed by atoms with Crippen LogP contribution in [-0.4, -0.2) is 43.4 Å². The van der Waals surface area contributed by atoms with Crippen molar-refractivity contribution in [2.75, 3.05) is 33.4 Å². The molecule has 0 aliphatic carbocycles. The fraction of sp³-hybridized carbons (Fsp3) is 0.647. The third-order valence-electron chi connectivity index (χ3n) is 4.46. The Labute approximate surface area is 122 Å². The van der Waals surface area contributed by atoms with Crippen LogP contribution in [0.4, 0.5) is 0 Å². The molecule has 0 radical (unpaired) electrons. The molecule has 3 nitrogen and oxygen atoms in total. The smallest absolute Gasteiger partial charge is 0.118 e. The first kappa shape index (κ1) is 15.3. The van der Waals surface area contributed by atoms with Gasteiger partial charge in [0.25, 0.3) is 0 Å². The predicted octanol–water partition coefficient (Wildman–Crippen LogP) is 2.89. The molecule has 1 heterocycles. The van der Waals surface area contributed by atoms with Gasteiger partial charge in [-0.2, -0.15) is 0 Å². The molecule has 0 aromatic heterocycles. The highest BCUT2D eigenvalue weighted by Gasteiger charge is 2.30. The van der Waals surface area contributed by atoms with Crippen LogP contribution in [-0.2, 0) is 0 Å². The molecule has 3 heteroatoms. The molecule has 1 aromatic carbocycles. The fourth-order valence-corrected chi connectivity index (χ4v) is 3.14. The summed E-state index contributed by atoms with van der Waals surface area (Å²) in [5, 5.41) is 9.54. The topological polar surface area (TPSA) is 32.7 Å². The predicted molar refractivity (Wildman–Crippen MR) is 82.3 cm³/mol. The molecule has 1 aliphatic heterocycles. The maximum atomic E-state index is 9.54. The van der Waals surface area contributed by atoms with E-state index in [0.29, 0.717) is 12.5 Å². The summed E-state index contributed by atoms with van der Waals surface area (Å²) in [7, 11) is 1.70. The number of rotatable bonds is 5. The Morgan fingerprint density at radius 2 is 2.05 bits per heavy atom. The van der Waals surface area contributed by atoms with E-state index in [9.17, 15) is 5.11 Å². The van der Waals surface area contributed by atoms with E-state index in [4.69, 9.17) is 4.74 Å². The molecule has 1 aromatic rings. The number of aliphatic hydroxyl groups excluding tert-OH is 1. The van der Waals surface area contributed by atoms with Crippen LogP contribution < -0.4 is 4.74 Å². The zero-order valence-corrected chi connectivity index (χ0v) is 12.9. The van der Waals surface area contributed by atoms with E-state index in [1.807, 2.05) is 12.1 Å². The van der Waals surface area contributed by atoms with Gasteiger partial charge in [-0.3, -0.25) is 0 Å². The molecule has 1 fully saturated rings. The number of piperidine rings is 1.